The summed E-state index contributed by atoms with van der Waals surface area (Å²) >= 11 is 1.87. The van der Waals surface area contributed by atoms with E-state index in [-0.39, 0.29) is 11.8 Å². The van der Waals surface area contributed by atoms with Crippen LogP contribution in [-0.4, -0.2) is 35.5 Å². The summed E-state index contributed by atoms with van der Waals surface area (Å²) in [6.07, 6.45) is 2.23. The zero-order valence-corrected chi connectivity index (χ0v) is 13.8. The number of amides is 1. The van der Waals surface area contributed by atoms with Gasteiger partial charge in [-0.2, -0.15) is 11.8 Å². The molecule has 21 heavy (non-hydrogen) atoms. The minimum atomic E-state index is 0.133. The van der Waals surface area contributed by atoms with Crippen molar-refractivity contribution in [2.45, 2.75) is 33.2 Å². The van der Waals surface area contributed by atoms with E-state index in [4.69, 9.17) is 4.74 Å². The Labute approximate surface area is 132 Å². The fraction of sp³-hybridized carbons (Fsp3) is 0.588. The Kier molecular flexibility index (Phi) is 6.43. The van der Waals surface area contributed by atoms with Gasteiger partial charge in [-0.15, -0.1) is 0 Å². The van der Waals surface area contributed by atoms with Crippen molar-refractivity contribution in [3.05, 3.63) is 29.8 Å². The molecule has 0 radical (unpaired) electrons. The van der Waals surface area contributed by atoms with Gasteiger partial charge in [0.25, 0.3) is 0 Å². The predicted octanol–water partition coefficient (Wildman–Crippen LogP) is 3.58. The van der Waals surface area contributed by atoms with Gasteiger partial charge in [0.1, 0.15) is 5.75 Å². The first-order valence-corrected chi connectivity index (χ1v) is 8.94. The summed E-state index contributed by atoms with van der Waals surface area (Å²) in [5.74, 6) is 3.31. The van der Waals surface area contributed by atoms with Crippen molar-refractivity contribution < 1.29 is 9.53 Å². The average molecular weight is 307 g/mol. The minimum Gasteiger partial charge on any atom is -0.494 e. The van der Waals surface area contributed by atoms with Crippen LogP contribution in [0.1, 0.15) is 32.3 Å². The lowest BCUT2D eigenvalue weighted by atomic mass is 10.1. The average Bonchev–Trinajstić information content (AvgIpc) is 2.65. The van der Waals surface area contributed by atoms with Crippen LogP contribution < -0.4 is 4.74 Å². The highest BCUT2D eigenvalue weighted by atomic mass is 32.2. The molecular weight excluding hydrogens is 282 g/mol. The number of carbonyl (C=O) groups excluding carboxylic acids is 1. The molecule has 2 rings (SSSR count). The number of rotatable bonds is 6. The number of thioether (sulfide) groups is 1. The van der Waals surface area contributed by atoms with Gasteiger partial charge >= 0.3 is 0 Å². The van der Waals surface area contributed by atoms with Crippen molar-refractivity contribution in [2.24, 2.45) is 5.92 Å². The summed E-state index contributed by atoms with van der Waals surface area (Å²) in [4.78, 5) is 14.3. The standard InChI is InChI=1S/C17H25NO2S/c1-3-4-10-20-16-7-5-15(6-8-16)12-18-9-11-21-13-14(2)17(18)19/h5-8,14H,3-4,9-13H2,1-2H3. The van der Waals surface area contributed by atoms with Gasteiger partial charge in [0, 0.05) is 30.5 Å². The molecule has 1 unspecified atom stereocenters. The van der Waals surface area contributed by atoms with Crippen molar-refractivity contribution in [3.8, 4) is 5.75 Å². The molecule has 0 bridgehead atoms. The van der Waals surface area contributed by atoms with E-state index in [1.807, 2.05) is 35.7 Å². The lowest BCUT2D eigenvalue weighted by Gasteiger charge is -2.22. The van der Waals surface area contributed by atoms with E-state index >= 15 is 0 Å². The van der Waals surface area contributed by atoms with E-state index in [0.717, 1.165) is 43.2 Å². The van der Waals surface area contributed by atoms with Gasteiger partial charge in [0.2, 0.25) is 5.91 Å². The van der Waals surface area contributed by atoms with Crippen molar-refractivity contribution in [3.63, 3.8) is 0 Å². The summed E-state index contributed by atoms with van der Waals surface area (Å²) in [7, 11) is 0. The highest BCUT2D eigenvalue weighted by Crippen LogP contribution is 2.20. The first kappa shape index (κ1) is 16.2. The van der Waals surface area contributed by atoms with Crippen LogP contribution in [-0.2, 0) is 11.3 Å². The van der Waals surface area contributed by atoms with E-state index in [9.17, 15) is 4.79 Å². The third-order valence-electron chi connectivity index (χ3n) is 3.67. The Morgan fingerprint density at radius 2 is 2.10 bits per heavy atom. The zero-order chi connectivity index (χ0) is 15.1. The molecule has 0 saturated carbocycles. The molecule has 1 aliphatic rings. The number of ether oxygens (including phenoxy) is 1. The van der Waals surface area contributed by atoms with Crippen LogP contribution in [0.2, 0.25) is 0 Å². The van der Waals surface area contributed by atoms with Gasteiger partial charge in [0.15, 0.2) is 0 Å². The second-order valence-corrected chi connectivity index (χ2v) is 6.73. The topological polar surface area (TPSA) is 29.5 Å². The van der Waals surface area contributed by atoms with E-state index in [1.54, 1.807) is 0 Å². The summed E-state index contributed by atoms with van der Waals surface area (Å²) in [6.45, 7) is 6.51. The fourth-order valence-electron chi connectivity index (χ4n) is 2.33. The summed E-state index contributed by atoms with van der Waals surface area (Å²) < 4.78 is 5.67. The number of hydrogen-bond acceptors (Lipinski definition) is 3. The molecule has 1 saturated heterocycles. The van der Waals surface area contributed by atoms with Crippen LogP contribution in [0.5, 0.6) is 5.75 Å². The predicted molar refractivity (Wildman–Crippen MR) is 88.8 cm³/mol. The Balaban J connectivity index is 1.91. The number of unbranched alkanes of at least 4 members (excludes halogenated alkanes) is 1. The van der Waals surface area contributed by atoms with Gasteiger partial charge in [-0.3, -0.25) is 4.79 Å². The smallest absolute Gasteiger partial charge is 0.226 e. The molecule has 3 nitrogen and oxygen atoms in total. The molecule has 1 aromatic carbocycles. The molecule has 1 heterocycles. The first-order valence-electron chi connectivity index (χ1n) is 7.79. The Bertz CT molecular complexity index is 447. The molecule has 0 spiro atoms. The maximum absolute atomic E-state index is 12.3. The van der Waals surface area contributed by atoms with Crippen molar-refractivity contribution in [1.82, 2.24) is 4.90 Å². The second-order valence-electron chi connectivity index (χ2n) is 5.58. The highest BCUT2D eigenvalue weighted by molar-refractivity contribution is 7.99. The van der Waals surface area contributed by atoms with E-state index < -0.39 is 0 Å². The summed E-state index contributed by atoms with van der Waals surface area (Å²) in [6, 6.07) is 8.14. The monoisotopic (exact) mass is 307 g/mol. The molecule has 0 aliphatic carbocycles. The summed E-state index contributed by atoms with van der Waals surface area (Å²) in [5, 5.41) is 0. The van der Waals surface area contributed by atoms with Crippen LogP contribution >= 0.6 is 11.8 Å². The Hall–Kier alpha value is -1.16. The van der Waals surface area contributed by atoms with Gasteiger partial charge < -0.3 is 9.64 Å². The SMILES string of the molecule is CCCCOc1ccc(CN2CCSCC(C)C2=O)cc1. The number of benzene rings is 1. The molecule has 0 aromatic heterocycles. The molecule has 1 aromatic rings. The van der Waals surface area contributed by atoms with Crippen LogP contribution in [0.3, 0.4) is 0 Å². The number of hydrogen-bond donors (Lipinski definition) is 0. The zero-order valence-electron chi connectivity index (χ0n) is 13.0. The molecule has 1 fully saturated rings. The number of carbonyl (C=O) groups is 1. The Morgan fingerprint density at radius 3 is 2.81 bits per heavy atom. The van der Waals surface area contributed by atoms with Crippen molar-refractivity contribution in [1.29, 1.82) is 0 Å². The Morgan fingerprint density at radius 1 is 1.33 bits per heavy atom. The second kappa shape index (κ2) is 8.32. The molecule has 0 N–H and O–H groups in total. The van der Waals surface area contributed by atoms with Crippen LogP contribution in [0, 0.1) is 5.92 Å². The maximum Gasteiger partial charge on any atom is 0.226 e. The molecule has 1 amide bonds. The fourth-order valence-corrected chi connectivity index (χ4v) is 3.34. The lowest BCUT2D eigenvalue weighted by Crippen LogP contribution is -2.34. The van der Waals surface area contributed by atoms with Crippen LogP contribution in [0.4, 0.5) is 0 Å². The van der Waals surface area contributed by atoms with Gasteiger partial charge in [-0.1, -0.05) is 32.4 Å². The van der Waals surface area contributed by atoms with Gasteiger partial charge in [-0.05, 0) is 24.1 Å². The van der Waals surface area contributed by atoms with E-state index in [2.05, 4.69) is 19.1 Å². The van der Waals surface area contributed by atoms with E-state index in [1.165, 1.54) is 5.56 Å². The van der Waals surface area contributed by atoms with Gasteiger partial charge in [0.05, 0.1) is 6.61 Å². The third kappa shape index (κ3) is 4.95. The van der Waals surface area contributed by atoms with Gasteiger partial charge in [-0.25, -0.2) is 0 Å². The van der Waals surface area contributed by atoms with Crippen molar-refractivity contribution >= 4 is 17.7 Å². The molecule has 4 heteroatoms. The number of nitrogens with zero attached hydrogens (tertiary/aromatic N) is 1. The lowest BCUT2D eigenvalue weighted by molar-refractivity contribution is -0.134. The summed E-state index contributed by atoms with van der Waals surface area (Å²) in [5.41, 5.74) is 1.17. The van der Waals surface area contributed by atoms with Crippen molar-refractivity contribution in [2.75, 3.05) is 24.7 Å². The molecule has 1 aliphatic heterocycles. The van der Waals surface area contributed by atoms with E-state index in [0.29, 0.717) is 6.54 Å². The molecule has 1 atom stereocenters. The largest absolute Gasteiger partial charge is 0.494 e. The maximum atomic E-state index is 12.3. The van der Waals surface area contributed by atoms with Crippen LogP contribution in [0.25, 0.3) is 0 Å². The minimum absolute atomic E-state index is 0.133. The normalized spacial score (nSPS) is 19.4. The molecular formula is C17H25NO2S. The highest BCUT2D eigenvalue weighted by Gasteiger charge is 2.23. The first-order chi connectivity index (χ1) is 10.2. The quantitative estimate of drug-likeness (QED) is 0.752. The third-order valence-corrected chi connectivity index (χ3v) is 4.88. The molecule has 116 valence electrons. The van der Waals surface area contributed by atoms with Crippen LogP contribution in [0.15, 0.2) is 24.3 Å².